The molecular weight excluding hydrogens is 1300 g/mol. The van der Waals surface area contributed by atoms with Crippen LogP contribution in [0.5, 0.6) is 0 Å². The first-order chi connectivity index (χ1) is 52.9. The van der Waals surface area contributed by atoms with E-state index in [1.165, 1.54) is 249 Å². The first-order valence-corrected chi connectivity index (χ1v) is 41.6. The van der Waals surface area contributed by atoms with Gasteiger partial charge in [0.1, 0.15) is 0 Å². The van der Waals surface area contributed by atoms with Crippen LogP contribution in [0.1, 0.15) is 220 Å². The van der Waals surface area contributed by atoms with Gasteiger partial charge in [-0.25, -0.2) is 0 Å². The highest BCUT2D eigenvalue weighted by Crippen LogP contribution is 2.60. The molecule has 15 rings (SSSR count). The number of benzene rings is 12. The van der Waals surface area contributed by atoms with Crippen molar-refractivity contribution in [3.05, 3.63) is 323 Å². The maximum Gasteiger partial charge on any atom is 0.0467 e. The Bertz CT molecular complexity index is 5000. The van der Waals surface area contributed by atoms with E-state index in [1.807, 2.05) is 0 Å². The maximum absolute atomic E-state index is 2.70. The number of rotatable bonds is 33. The Balaban J connectivity index is 0.838. The molecule has 108 heavy (non-hydrogen) atoms. The second-order valence-corrected chi connectivity index (χ2v) is 32.5. The van der Waals surface area contributed by atoms with Crippen LogP contribution in [0, 0.1) is 6.92 Å². The molecule has 0 saturated heterocycles. The summed E-state index contributed by atoms with van der Waals surface area (Å²) in [6, 6.07) is 106. The highest BCUT2D eigenvalue weighted by Gasteiger charge is 2.46. The molecule has 0 saturated carbocycles. The molecule has 0 heterocycles. The van der Waals surface area contributed by atoms with Gasteiger partial charge in [0.15, 0.2) is 0 Å². The molecule has 0 unspecified atom stereocenters. The van der Waals surface area contributed by atoms with Gasteiger partial charge >= 0.3 is 0 Å². The van der Waals surface area contributed by atoms with Crippen molar-refractivity contribution in [2.24, 2.45) is 0 Å². The van der Waals surface area contributed by atoms with Crippen molar-refractivity contribution >= 4 is 45.5 Å². The topological polar surface area (TPSA) is 9.72 Å². The second-order valence-electron chi connectivity index (χ2n) is 32.5. The van der Waals surface area contributed by atoms with Crippen molar-refractivity contribution in [1.82, 2.24) is 0 Å². The molecule has 0 bridgehead atoms. The number of hydrogen-bond acceptors (Lipinski definition) is 3. The van der Waals surface area contributed by atoms with Crippen LogP contribution in [0.3, 0.4) is 0 Å². The molecule has 0 fully saturated rings. The fourth-order valence-electron chi connectivity index (χ4n) is 18.7. The van der Waals surface area contributed by atoms with Crippen LogP contribution in [0.15, 0.2) is 273 Å². The van der Waals surface area contributed by atoms with Crippen LogP contribution < -0.4 is 14.7 Å². The third-order valence-corrected chi connectivity index (χ3v) is 25.2. The van der Waals surface area contributed by atoms with E-state index in [9.17, 15) is 0 Å². The number of hydrogen-bond donors (Lipinski definition) is 0. The quantitative estimate of drug-likeness (QED) is 0.0380. The van der Waals surface area contributed by atoms with Crippen molar-refractivity contribution < 1.29 is 0 Å². The maximum atomic E-state index is 2.70. The molecule has 0 amide bonds. The zero-order valence-corrected chi connectivity index (χ0v) is 65.9. The summed E-state index contributed by atoms with van der Waals surface area (Å²) in [5.41, 5.74) is 35.1. The van der Waals surface area contributed by atoms with Gasteiger partial charge in [0.05, 0.1) is 0 Å². The first-order valence-electron chi connectivity index (χ1n) is 41.6. The van der Waals surface area contributed by atoms with Crippen LogP contribution in [0.2, 0.25) is 0 Å². The van der Waals surface area contributed by atoms with E-state index >= 15 is 0 Å². The fourth-order valence-corrected chi connectivity index (χ4v) is 18.7. The van der Waals surface area contributed by atoms with E-state index < -0.39 is 0 Å². The summed E-state index contributed by atoms with van der Waals surface area (Å²) >= 11 is 0. The molecular formula is C105H113N3. The Kier molecular flexibility index (Phi) is 22.4. The van der Waals surface area contributed by atoms with E-state index in [0.717, 1.165) is 43.5 Å². The van der Waals surface area contributed by atoms with Gasteiger partial charge in [0.2, 0.25) is 0 Å². The van der Waals surface area contributed by atoms with Crippen LogP contribution in [0.25, 0.3) is 55.6 Å². The van der Waals surface area contributed by atoms with E-state index in [2.05, 4.69) is 343 Å². The Morgan fingerprint density at radius 1 is 0.278 bits per heavy atom. The first kappa shape index (κ1) is 73.5. The van der Waals surface area contributed by atoms with Gasteiger partial charge in [0, 0.05) is 68.8 Å². The van der Waals surface area contributed by atoms with Crippen molar-refractivity contribution in [1.29, 1.82) is 0 Å². The third kappa shape index (κ3) is 14.8. The minimum absolute atomic E-state index is 0.143. The van der Waals surface area contributed by atoms with E-state index in [-0.39, 0.29) is 16.2 Å². The van der Waals surface area contributed by atoms with Crippen molar-refractivity contribution in [3.8, 4) is 55.6 Å². The summed E-state index contributed by atoms with van der Waals surface area (Å²) in [7, 11) is 2.25. The lowest BCUT2D eigenvalue weighted by atomic mass is 9.70. The summed E-state index contributed by atoms with van der Waals surface area (Å²) in [6.45, 7) is 16.3. The molecule has 548 valence electrons. The van der Waals surface area contributed by atoms with Crippen molar-refractivity contribution in [2.45, 2.75) is 206 Å². The monoisotopic (exact) mass is 1420 g/mol. The zero-order chi connectivity index (χ0) is 74.2. The molecule has 3 heteroatoms. The van der Waals surface area contributed by atoms with Gasteiger partial charge in [0.25, 0.3) is 0 Å². The largest absolute Gasteiger partial charge is 0.345 e. The Labute approximate surface area is 647 Å². The minimum atomic E-state index is -0.217. The Morgan fingerprint density at radius 3 is 1.03 bits per heavy atom. The Morgan fingerprint density at radius 2 is 0.611 bits per heavy atom. The number of anilines is 8. The smallest absolute Gasteiger partial charge is 0.0467 e. The molecule has 0 radical (unpaired) electrons. The highest BCUT2D eigenvalue weighted by molar-refractivity contribution is 5.92. The van der Waals surface area contributed by atoms with Gasteiger partial charge in [-0.2, -0.15) is 0 Å². The van der Waals surface area contributed by atoms with E-state index in [0.29, 0.717) is 0 Å². The van der Waals surface area contributed by atoms with E-state index in [1.54, 1.807) is 0 Å². The molecule has 0 atom stereocenters. The van der Waals surface area contributed by atoms with Crippen LogP contribution in [0.4, 0.5) is 45.5 Å². The minimum Gasteiger partial charge on any atom is -0.345 e. The van der Waals surface area contributed by atoms with Gasteiger partial charge in [-0.15, -0.1) is 0 Å². The molecule has 3 nitrogen and oxygen atoms in total. The SMILES string of the molecule is CCCCCCC1(CCCCCC)c2cc(N(C)c3ccccc3)ccc2-c2ccc(N(c3cccc(-c4ccc5c(c4)CC5)c3)c3ccc4c(c3)C(CCCCCC)(CCCCCC)c3cc(N(c5ccccc5)c5ccc(-c6ccc(C(C)(C)c7ccc(-c8ccc(C)cc8)cc7)cc6)cc5)ccc3-4)cc21. The van der Waals surface area contributed by atoms with Crippen molar-refractivity contribution in [3.63, 3.8) is 0 Å². The summed E-state index contributed by atoms with van der Waals surface area (Å²) in [5, 5.41) is 0. The van der Waals surface area contributed by atoms with Gasteiger partial charge < -0.3 is 14.7 Å². The molecule has 0 aliphatic heterocycles. The molecule has 0 spiro atoms. The number of para-hydroxylation sites is 2. The molecule has 12 aromatic carbocycles. The van der Waals surface area contributed by atoms with E-state index in [4.69, 9.17) is 0 Å². The summed E-state index contributed by atoms with van der Waals surface area (Å²) < 4.78 is 0. The lowest BCUT2D eigenvalue weighted by Gasteiger charge is -2.36. The lowest BCUT2D eigenvalue weighted by Crippen LogP contribution is -2.27. The molecule has 0 aromatic heterocycles. The molecule has 3 aliphatic rings. The van der Waals surface area contributed by atoms with Crippen LogP contribution in [-0.4, -0.2) is 7.05 Å². The number of nitrogens with zero attached hydrogens (tertiary/aromatic N) is 3. The second kappa shape index (κ2) is 32.9. The number of fused-ring (bicyclic) bond motifs is 7. The molecule has 0 N–H and O–H groups in total. The summed E-state index contributed by atoms with van der Waals surface area (Å²) in [4.78, 5) is 7.59. The lowest BCUT2D eigenvalue weighted by molar-refractivity contribution is 0.401. The van der Waals surface area contributed by atoms with Crippen molar-refractivity contribution in [2.75, 3.05) is 21.7 Å². The molecule has 12 aromatic rings. The fraction of sp³-hybridized carbons (Fsp3) is 0.314. The normalized spacial score (nSPS) is 13.4. The number of aryl methyl sites for hydroxylation is 3. The van der Waals surface area contributed by atoms with Gasteiger partial charge in [-0.05, 0) is 243 Å². The molecule has 3 aliphatic carbocycles. The zero-order valence-electron chi connectivity index (χ0n) is 65.9. The Hall–Kier alpha value is -9.96. The predicted octanol–water partition coefficient (Wildman–Crippen LogP) is 30.5. The number of unbranched alkanes of at least 4 members (excludes halogenated alkanes) is 12. The average molecular weight is 1420 g/mol. The van der Waals surface area contributed by atoms with Crippen LogP contribution in [-0.2, 0) is 29.1 Å². The standard InChI is InChI=1S/C105H113N3/c1-9-13-17-27-66-104(67-28-18-14-10-2)99-72-90(106(8)87-33-23-21-24-34-87)58-62-95(99)96-64-60-93(74-101(96)104)108(91-37-31-32-82(71-91)84-45-43-81-42-44-83(81)70-84)94-61-65-98-97-63-59-92(73-100(97)105(102(98)75-94,68-29-19-15-11-3)69-30-20-16-12-4)107(88-35-25-22-26-36-88)89-56-50-80(51-57-89)79-48-54-86(55-49-79)103(6,7)85-52-46-78(47-53-85)77-40-38-76(5)39-41-77/h21-26,31-41,43,45-65,70-75H,9-20,27-30,42,44,66-69H2,1-8H3. The van der Waals surface area contributed by atoms with Gasteiger partial charge in [-0.3, -0.25) is 0 Å². The highest BCUT2D eigenvalue weighted by atomic mass is 15.2. The average Bonchev–Trinajstić information content (AvgIpc) is 1.56. The van der Waals surface area contributed by atoms with Gasteiger partial charge in [-0.1, -0.05) is 326 Å². The predicted molar refractivity (Wildman–Crippen MR) is 465 cm³/mol. The summed E-state index contributed by atoms with van der Waals surface area (Å²) in [6.07, 6.45) is 26.4. The third-order valence-electron chi connectivity index (χ3n) is 25.2. The summed E-state index contributed by atoms with van der Waals surface area (Å²) in [5.74, 6) is 0. The van der Waals surface area contributed by atoms with Crippen LogP contribution >= 0.6 is 0 Å².